The lowest BCUT2D eigenvalue weighted by molar-refractivity contribution is 0.577. The van der Waals surface area contributed by atoms with Crippen LogP contribution in [0.25, 0.3) is 0 Å². The Bertz CT molecular complexity index is 490. The van der Waals surface area contributed by atoms with Crippen molar-refractivity contribution in [3.8, 4) is 0 Å². The third-order valence-electron chi connectivity index (χ3n) is 2.70. The second-order valence-corrected chi connectivity index (χ2v) is 6.58. The molecule has 0 fully saturated rings. The monoisotopic (exact) mass is 281 g/mol. The number of rotatable bonds is 6. The van der Waals surface area contributed by atoms with Gasteiger partial charge in [0.15, 0.2) is 0 Å². The van der Waals surface area contributed by atoms with Gasteiger partial charge in [0.25, 0.3) is 0 Å². The van der Waals surface area contributed by atoms with Gasteiger partial charge in [-0.05, 0) is 26.8 Å². The van der Waals surface area contributed by atoms with Gasteiger partial charge in [0.1, 0.15) is 0 Å². The maximum Gasteiger partial charge on any atom is 0.0988 e. The molecule has 1 atom stereocenters. The van der Waals surface area contributed by atoms with Crippen molar-refractivity contribution in [1.29, 1.82) is 0 Å². The van der Waals surface area contributed by atoms with Crippen molar-refractivity contribution in [3.63, 3.8) is 0 Å². The van der Waals surface area contributed by atoms with E-state index in [1.165, 1.54) is 4.88 Å². The SMILES string of the molecule is CCCNC(C)c1cnc(Cc2csc(C)n2)s1. The van der Waals surface area contributed by atoms with Gasteiger partial charge in [-0.2, -0.15) is 0 Å². The largest absolute Gasteiger partial charge is 0.309 e. The predicted molar refractivity (Wildman–Crippen MR) is 78.5 cm³/mol. The van der Waals surface area contributed by atoms with Crippen LogP contribution in [-0.4, -0.2) is 16.5 Å². The number of nitrogens with one attached hydrogen (secondary N) is 1. The summed E-state index contributed by atoms with van der Waals surface area (Å²) in [5, 5.41) is 7.88. The molecule has 0 saturated heterocycles. The lowest BCUT2D eigenvalue weighted by Gasteiger charge is -2.09. The highest BCUT2D eigenvalue weighted by atomic mass is 32.1. The predicted octanol–water partition coefficient (Wildman–Crippen LogP) is 3.56. The highest BCUT2D eigenvalue weighted by Crippen LogP contribution is 2.23. The van der Waals surface area contributed by atoms with Crippen LogP contribution >= 0.6 is 22.7 Å². The molecule has 0 amide bonds. The van der Waals surface area contributed by atoms with Gasteiger partial charge >= 0.3 is 0 Å². The summed E-state index contributed by atoms with van der Waals surface area (Å²) in [7, 11) is 0. The molecule has 2 rings (SSSR count). The Morgan fingerprint density at radius 1 is 1.44 bits per heavy atom. The molecule has 0 aliphatic heterocycles. The second kappa shape index (κ2) is 6.41. The summed E-state index contributed by atoms with van der Waals surface area (Å²) in [5.41, 5.74) is 1.13. The first-order valence-electron chi connectivity index (χ1n) is 6.28. The lowest BCUT2D eigenvalue weighted by Crippen LogP contribution is -2.18. The van der Waals surface area contributed by atoms with Crippen molar-refractivity contribution >= 4 is 22.7 Å². The first-order chi connectivity index (χ1) is 8.69. The molecule has 1 unspecified atom stereocenters. The van der Waals surface area contributed by atoms with E-state index in [1.54, 1.807) is 22.7 Å². The minimum atomic E-state index is 0.397. The number of hydrogen-bond donors (Lipinski definition) is 1. The molecule has 0 spiro atoms. The average Bonchev–Trinajstić information content (AvgIpc) is 2.96. The average molecular weight is 281 g/mol. The molecule has 2 aromatic heterocycles. The second-order valence-electron chi connectivity index (χ2n) is 4.37. The molecule has 5 heteroatoms. The Kier molecular flexibility index (Phi) is 4.86. The zero-order valence-corrected chi connectivity index (χ0v) is 12.7. The summed E-state index contributed by atoms with van der Waals surface area (Å²) < 4.78 is 0. The van der Waals surface area contributed by atoms with Crippen molar-refractivity contribution < 1.29 is 0 Å². The van der Waals surface area contributed by atoms with Crippen LogP contribution in [0.15, 0.2) is 11.6 Å². The highest BCUT2D eigenvalue weighted by molar-refractivity contribution is 7.11. The summed E-state index contributed by atoms with van der Waals surface area (Å²) in [6.07, 6.45) is 4.01. The molecule has 2 aromatic rings. The number of aryl methyl sites for hydroxylation is 1. The topological polar surface area (TPSA) is 37.8 Å². The van der Waals surface area contributed by atoms with E-state index >= 15 is 0 Å². The van der Waals surface area contributed by atoms with E-state index in [4.69, 9.17) is 0 Å². The Morgan fingerprint density at radius 3 is 2.94 bits per heavy atom. The zero-order valence-electron chi connectivity index (χ0n) is 11.1. The molecule has 0 aliphatic carbocycles. The van der Waals surface area contributed by atoms with E-state index in [9.17, 15) is 0 Å². The first kappa shape index (κ1) is 13.6. The Balaban J connectivity index is 1.97. The lowest BCUT2D eigenvalue weighted by atomic mass is 10.3. The normalized spacial score (nSPS) is 12.8. The molecule has 0 aromatic carbocycles. The van der Waals surface area contributed by atoms with Crippen molar-refractivity contribution in [2.45, 2.75) is 39.7 Å². The third-order valence-corrected chi connectivity index (χ3v) is 4.70. The van der Waals surface area contributed by atoms with Gasteiger partial charge in [-0.25, -0.2) is 9.97 Å². The first-order valence-corrected chi connectivity index (χ1v) is 7.97. The minimum Gasteiger partial charge on any atom is -0.309 e. The van der Waals surface area contributed by atoms with Gasteiger partial charge in [0, 0.05) is 28.9 Å². The molecule has 0 saturated carbocycles. The molecule has 98 valence electrons. The van der Waals surface area contributed by atoms with Gasteiger partial charge in [0.2, 0.25) is 0 Å². The minimum absolute atomic E-state index is 0.397. The molecular formula is C13H19N3S2. The molecule has 2 heterocycles. The van der Waals surface area contributed by atoms with E-state index in [0.29, 0.717) is 6.04 Å². The Hall–Kier alpha value is -0.780. The summed E-state index contributed by atoms with van der Waals surface area (Å²) in [6, 6.07) is 0.397. The Morgan fingerprint density at radius 2 is 2.28 bits per heavy atom. The van der Waals surface area contributed by atoms with Gasteiger partial charge in [0.05, 0.1) is 15.7 Å². The number of aromatic nitrogens is 2. The number of nitrogens with zero attached hydrogens (tertiary/aromatic N) is 2. The van der Waals surface area contributed by atoms with Crippen LogP contribution in [0.2, 0.25) is 0 Å². The summed E-state index contributed by atoms with van der Waals surface area (Å²) in [6.45, 7) is 7.47. The fraction of sp³-hybridized carbons (Fsp3) is 0.538. The standard InChI is InChI=1S/C13H19N3S2/c1-4-5-14-9(2)12-7-15-13(18-12)6-11-8-17-10(3)16-11/h7-9,14H,4-6H2,1-3H3. The smallest absolute Gasteiger partial charge is 0.0988 e. The van der Waals surface area contributed by atoms with E-state index in [1.807, 2.05) is 13.1 Å². The van der Waals surface area contributed by atoms with E-state index in [0.717, 1.165) is 35.1 Å². The molecule has 0 bridgehead atoms. The Labute approximate surface area is 116 Å². The van der Waals surface area contributed by atoms with Crippen molar-refractivity contribution in [3.05, 3.63) is 32.2 Å². The summed E-state index contributed by atoms with van der Waals surface area (Å²) in [5.74, 6) is 0. The maximum atomic E-state index is 4.49. The van der Waals surface area contributed by atoms with Gasteiger partial charge < -0.3 is 5.32 Å². The molecule has 0 aliphatic rings. The van der Waals surface area contributed by atoms with Crippen LogP contribution in [-0.2, 0) is 6.42 Å². The van der Waals surface area contributed by atoms with E-state index in [-0.39, 0.29) is 0 Å². The molecular weight excluding hydrogens is 262 g/mol. The fourth-order valence-corrected chi connectivity index (χ4v) is 3.29. The molecule has 3 nitrogen and oxygen atoms in total. The maximum absolute atomic E-state index is 4.49. The van der Waals surface area contributed by atoms with Crippen LogP contribution in [0.1, 0.15) is 46.9 Å². The number of hydrogen-bond acceptors (Lipinski definition) is 5. The molecule has 18 heavy (non-hydrogen) atoms. The van der Waals surface area contributed by atoms with Crippen LogP contribution in [0.3, 0.4) is 0 Å². The summed E-state index contributed by atoms with van der Waals surface area (Å²) in [4.78, 5) is 10.3. The summed E-state index contributed by atoms with van der Waals surface area (Å²) >= 11 is 3.49. The van der Waals surface area contributed by atoms with E-state index < -0.39 is 0 Å². The van der Waals surface area contributed by atoms with Gasteiger partial charge in [-0.15, -0.1) is 22.7 Å². The van der Waals surface area contributed by atoms with E-state index in [2.05, 4.69) is 34.5 Å². The molecule has 0 radical (unpaired) electrons. The third kappa shape index (κ3) is 3.60. The zero-order chi connectivity index (χ0) is 13.0. The number of thiazole rings is 2. The van der Waals surface area contributed by atoms with Crippen LogP contribution in [0.4, 0.5) is 0 Å². The van der Waals surface area contributed by atoms with Gasteiger partial charge in [-0.1, -0.05) is 6.92 Å². The van der Waals surface area contributed by atoms with Gasteiger partial charge in [-0.3, -0.25) is 0 Å². The highest BCUT2D eigenvalue weighted by Gasteiger charge is 2.10. The van der Waals surface area contributed by atoms with Crippen LogP contribution in [0.5, 0.6) is 0 Å². The van der Waals surface area contributed by atoms with Crippen LogP contribution < -0.4 is 5.32 Å². The van der Waals surface area contributed by atoms with Crippen molar-refractivity contribution in [2.75, 3.05) is 6.54 Å². The molecule has 1 N–H and O–H groups in total. The van der Waals surface area contributed by atoms with Crippen molar-refractivity contribution in [2.24, 2.45) is 0 Å². The quantitative estimate of drug-likeness (QED) is 0.879. The van der Waals surface area contributed by atoms with Crippen LogP contribution in [0, 0.1) is 6.92 Å². The van der Waals surface area contributed by atoms with Crippen molar-refractivity contribution in [1.82, 2.24) is 15.3 Å². The fourth-order valence-electron chi connectivity index (χ4n) is 1.71.